The minimum absolute atomic E-state index is 0.124. The zero-order valence-electron chi connectivity index (χ0n) is 7.82. The first-order chi connectivity index (χ1) is 6.63. The molecule has 0 saturated carbocycles. The molecule has 0 unspecified atom stereocenters. The lowest BCUT2D eigenvalue weighted by Crippen LogP contribution is -2.16. The number of ether oxygens (including phenoxy) is 2. The van der Waals surface area contributed by atoms with E-state index in [0.717, 1.165) is 0 Å². The van der Waals surface area contributed by atoms with Crippen molar-refractivity contribution in [1.29, 1.82) is 0 Å². The molecule has 0 bridgehead atoms. The number of hydrogen-bond donors (Lipinski definition) is 1. The monoisotopic (exact) mass is 193 g/mol. The molecule has 2 N–H and O–H groups in total. The molecule has 0 aliphatic rings. The van der Waals surface area contributed by atoms with Gasteiger partial charge in [-0.15, -0.1) is 0 Å². The van der Waals surface area contributed by atoms with Crippen LogP contribution in [0.25, 0.3) is 0 Å². The van der Waals surface area contributed by atoms with E-state index in [4.69, 9.17) is 15.2 Å². The van der Waals surface area contributed by atoms with Crippen molar-refractivity contribution in [2.24, 2.45) is 5.73 Å². The van der Waals surface area contributed by atoms with Crippen molar-refractivity contribution >= 4 is 5.97 Å². The van der Waals surface area contributed by atoms with Crippen LogP contribution in [0.4, 0.5) is 0 Å². The van der Waals surface area contributed by atoms with E-state index in [1.807, 2.05) is 0 Å². The predicted octanol–water partition coefficient (Wildman–Crippen LogP) is 1.07. The standard InChI is InChI=1S/C10H11NO3/c1-7(11)10(12)14-9-5-3-8(13-2)4-6-9/h3-6H,1,11H2,2H3. The van der Waals surface area contributed by atoms with Crippen molar-refractivity contribution in [2.45, 2.75) is 0 Å². The first-order valence-corrected chi connectivity index (χ1v) is 3.94. The molecule has 0 atom stereocenters. The molecule has 0 amide bonds. The third-order valence-corrected chi connectivity index (χ3v) is 1.53. The minimum Gasteiger partial charge on any atom is -0.497 e. The van der Waals surface area contributed by atoms with Gasteiger partial charge in [-0.2, -0.15) is 0 Å². The van der Waals surface area contributed by atoms with Crippen LogP contribution < -0.4 is 15.2 Å². The third-order valence-electron chi connectivity index (χ3n) is 1.53. The molecule has 0 aromatic heterocycles. The van der Waals surface area contributed by atoms with Gasteiger partial charge in [0.2, 0.25) is 0 Å². The van der Waals surface area contributed by atoms with Crippen LogP contribution in [-0.4, -0.2) is 13.1 Å². The van der Waals surface area contributed by atoms with Crippen molar-refractivity contribution in [3.8, 4) is 11.5 Å². The normalized spacial score (nSPS) is 9.21. The highest BCUT2D eigenvalue weighted by molar-refractivity contribution is 5.88. The number of hydrogen-bond acceptors (Lipinski definition) is 4. The van der Waals surface area contributed by atoms with Crippen LogP contribution in [-0.2, 0) is 4.79 Å². The van der Waals surface area contributed by atoms with Crippen molar-refractivity contribution in [3.63, 3.8) is 0 Å². The van der Waals surface area contributed by atoms with Crippen LogP contribution in [0.15, 0.2) is 36.5 Å². The van der Waals surface area contributed by atoms with Gasteiger partial charge in [-0.1, -0.05) is 6.58 Å². The van der Waals surface area contributed by atoms with Gasteiger partial charge in [-0.3, -0.25) is 0 Å². The second-order valence-electron chi connectivity index (χ2n) is 2.59. The Morgan fingerprint density at radius 1 is 1.29 bits per heavy atom. The smallest absolute Gasteiger partial charge is 0.358 e. The number of carbonyl (C=O) groups excluding carboxylic acids is 1. The van der Waals surface area contributed by atoms with Gasteiger partial charge in [-0.25, -0.2) is 4.79 Å². The van der Waals surface area contributed by atoms with Crippen molar-refractivity contribution in [3.05, 3.63) is 36.5 Å². The van der Waals surface area contributed by atoms with Gasteiger partial charge in [0.25, 0.3) is 0 Å². The van der Waals surface area contributed by atoms with Gasteiger partial charge in [0.05, 0.1) is 7.11 Å². The summed E-state index contributed by atoms with van der Waals surface area (Å²) in [6, 6.07) is 6.59. The number of benzene rings is 1. The molecule has 0 saturated heterocycles. The van der Waals surface area contributed by atoms with Gasteiger partial charge in [0, 0.05) is 0 Å². The molecule has 4 nitrogen and oxygen atoms in total. The molecule has 4 heteroatoms. The summed E-state index contributed by atoms with van der Waals surface area (Å²) in [7, 11) is 1.56. The fraction of sp³-hybridized carbons (Fsp3) is 0.100. The Bertz CT molecular complexity index is 343. The first-order valence-electron chi connectivity index (χ1n) is 3.94. The summed E-state index contributed by atoms with van der Waals surface area (Å²) in [5.74, 6) is 0.453. The van der Waals surface area contributed by atoms with E-state index in [1.54, 1.807) is 31.4 Å². The zero-order valence-corrected chi connectivity index (χ0v) is 7.82. The van der Waals surface area contributed by atoms with E-state index in [-0.39, 0.29) is 5.70 Å². The molecule has 74 valence electrons. The Hall–Kier alpha value is -1.97. The van der Waals surface area contributed by atoms with Crippen LogP contribution in [0.2, 0.25) is 0 Å². The van der Waals surface area contributed by atoms with Gasteiger partial charge < -0.3 is 15.2 Å². The van der Waals surface area contributed by atoms with Crippen LogP contribution in [0, 0.1) is 0 Å². The van der Waals surface area contributed by atoms with Gasteiger partial charge in [0.15, 0.2) is 0 Å². The average molecular weight is 193 g/mol. The number of methoxy groups -OCH3 is 1. The molecule has 1 aromatic carbocycles. The van der Waals surface area contributed by atoms with E-state index in [9.17, 15) is 4.79 Å². The second-order valence-corrected chi connectivity index (χ2v) is 2.59. The van der Waals surface area contributed by atoms with Crippen LogP contribution in [0.3, 0.4) is 0 Å². The Balaban J connectivity index is 2.69. The lowest BCUT2D eigenvalue weighted by molar-refractivity contribution is -0.130. The Labute approximate surface area is 81.9 Å². The molecule has 1 rings (SSSR count). The van der Waals surface area contributed by atoms with Gasteiger partial charge in [0.1, 0.15) is 17.2 Å². The lowest BCUT2D eigenvalue weighted by atomic mass is 10.3. The third kappa shape index (κ3) is 2.52. The SMILES string of the molecule is C=C(N)C(=O)Oc1ccc(OC)cc1. The van der Waals surface area contributed by atoms with Crippen LogP contribution >= 0.6 is 0 Å². The summed E-state index contributed by atoms with van der Waals surface area (Å²) in [4.78, 5) is 11.0. The van der Waals surface area contributed by atoms with Crippen LogP contribution in [0.1, 0.15) is 0 Å². The number of carbonyl (C=O) groups is 1. The molecule has 0 heterocycles. The maximum Gasteiger partial charge on any atom is 0.358 e. The average Bonchev–Trinajstić information content (AvgIpc) is 2.19. The van der Waals surface area contributed by atoms with E-state index < -0.39 is 5.97 Å². The molecule has 0 fully saturated rings. The van der Waals surface area contributed by atoms with Gasteiger partial charge in [-0.05, 0) is 24.3 Å². The molecule has 14 heavy (non-hydrogen) atoms. The fourth-order valence-electron chi connectivity index (χ4n) is 0.816. The topological polar surface area (TPSA) is 61.6 Å². The highest BCUT2D eigenvalue weighted by atomic mass is 16.5. The zero-order chi connectivity index (χ0) is 10.6. The Morgan fingerprint density at radius 2 is 1.79 bits per heavy atom. The molecule has 1 aromatic rings. The number of esters is 1. The highest BCUT2D eigenvalue weighted by Crippen LogP contribution is 2.17. The largest absolute Gasteiger partial charge is 0.497 e. The summed E-state index contributed by atoms with van der Waals surface area (Å²) in [5.41, 5.74) is 5.02. The maximum atomic E-state index is 11.0. The van der Waals surface area contributed by atoms with Crippen molar-refractivity contribution in [1.82, 2.24) is 0 Å². The van der Waals surface area contributed by atoms with Gasteiger partial charge >= 0.3 is 5.97 Å². The molecule has 0 radical (unpaired) electrons. The summed E-state index contributed by atoms with van der Waals surface area (Å²) >= 11 is 0. The lowest BCUT2D eigenvalue weighted by Gasteiger charge is -2.04. The van der Waals surface area contributed by atoms with Crippen molar-refractivity contribution < 1.29 is 14.3 Å². The van der Waals surface area contributed by atoms with E-state index >= 15 is 0 Å². The Kier molecular flexibility index (Phi) is 3.12. The molecule has 0 spiro atoms. The molecular weight excluding hydrogens is 182 g/mol. The van der Waals surface area contributed by atoms with E-state index in [1.165, 1.54) is 0 Å². The number of rotatable bonds is 3. The molecule has 0 aliphatic carbocycles. The predicted molar refractivity (Wildman–Crippen MR) is 52.0 cm³/mol. The Morgan fingerprint density at radius 3 is 2.21 bits per heavy atom. The summed E-state index contributed by atoms with van der Waals surface area (Å²) in [6.07, 6.45) is 0. The van der Waals surface area contributed by atoms with E-state index in [2.05, 4.69) is 6.58 Å². The minimum atomic E-state index is -0.643. The fourth-order valence-corrected chi connectivity index (χ4v) is 0.816. The summed E-state index contributed by atoms with van der Waals surface area (Å²) < 4.78 is 9.80. The van der Waals surface area contributed by atoms with E-state index in [0.29, 0.717) is 11.5 Å². The summed E-state index contributed by atoms with van der Waals surface area (Å²) in [6.45, 7) is 3.26. The quantitative estimate of drug-likeness (QED) is 0.443. The molecule has 0 aliphatic heterocycles. The maximum absolute atomic E-state index is 11.0. The van der Waals surface area contributed by atoms with Crippen molar-refractivity contribution in [2.75, 3.05) is 7.11 Å². The second kappa shape index (κ2) is 4.32. The molecular formula is C10H11NO3. The summed E-state index contributed by atoms with van der Waals surface area (Å²) in [5, 5.41) is 0. The van der Waals surface area contributed by atoms with Crippen LogP contribution in [0.5, 0.6) is 11.5 Å². The first kappa shape index (κ1) is 10.1. The highest BCUT2D eigenvalue weighted by Gasteiger charge is 2.05. The number of nitrogens with two attached hydrogens (primary N) is 1.